The third kappa shape index (κ3) is 3.59. The van der Waals surface area contributed by atoms with Crippen LogP contribution in [-0.2, 0) is 4.79 Å². The van der Waals surface area contributed by atoms with Crippen LogP contribution in [-0.4, -0.2) is 47.1 Å². The van der Waals surface area contributed by atoms with Crippen LogP contribution in [0, 0.1) is 23.7 Å². The number of hydrogen-bond donors (Lipinski definition) is 1. The quantitative estimate of drug-likeness (QED) is 0.764. The van der Waals surface area contributed by atoms with Gasteiger partial charge in [0.2, 0.25) is 5.91 Å². The Labute approximate surface area is 184 Å². The van der Waals surface area contributed by atoms with E-state index < -0.39 is 0 Å². The van der Waals surface area contributed by atoms with E-state index >= 15 is 0 Å². The number of benzene rings is 1. The molecule has 31 heavy (non-hydrogen) atoms. The number of amides is 1. The van der Waals surface area contributed by atoms with Crippen molar-refractivity contribution in [3.63, 3.8) is 0 Å². The van der Waals surface area contributed by atoms with Crippen molar-refractivity contribution in [2.45, 2.75) is 44.2 Å². The van der Waals surface area contributed by atoms with Gasteiger partial charge in [-0.3, -0.25) is 9.78 Å². The van der Waals surface area contributed by atoms with E-state index in [0.29, 0.717) is 5.91 Å². The highest BCUT2D eigenvalue weighted by Gasteiger charge is 2.48. The number of likely N-dealkylation sites (N-methyl/N-ethyl adjacent to an activating group) is 1. The van der Waals surface area contributed by atoms with Crippen LogP contribution in [0.2, 0.25) is 0 Å². The average molecular weight is 416 g/mol. The molecule has 5 nitrogen and oxygen atoms in total. The average Bonchev–Trinajstić information content (AvgIpc) is 3.49. The van der Waals surface area contributed by atoms with Crippen molar-refractivity contribution in [2.24, 2.45) is 11.8 Å². The van der Waals surface area contributed by atoms with Gasteiger partial charge in [0.05, 0.1) is 18.7 Å². The standard InChI is InChI=1S/C26H29N3O2/c1-28-23-11-10-18(8-9-19-5-4-13-27-16-19)15-22(23)25-21(24(28)17-30)12-14-29(25)26(31)20-6-2-3-7-20/h4-5,10-11,13,15-16,20-21,24-25,30H,2-3,6-7,12,14,17H2,1H3/t21-,24-,25-/m0/s1. The molecular weight excluding hydrogens is 386 g/mol. The molecule has 1 aliphatic carbocycles. The van der Waals surface area contributed by atoms with Crippen LogP contribution in [0.5, 0.6) is 0 Å². The van der Waals surface area contributed by atoms with Crippen molar-refractivity contribution in [3.05, 3.63) is 59.4 Å². The molecule has 160 valence electrons. The van der Waals surface area contributed by atoms with Crippen LogP contribution in [0.1, 0.15) is 54.8 Å². The lowest BCUT2D eigenvalue weighted by atomic mass is 9.81. The largest absolute Gasteiger partial charge is 0.394 e. The first-order chi connectivity index (χ1) is 15.2. The Morgan fingerprint density at radius 3 is 2.71 bits per heavy atom. The number of rotatable bonds is 2. The smallest absolute Gasteiger partial charge is 0.226 e. The predicted molar refractivity (Wildman–Crippen MR) is 120 cm³/mol. The molecule has 2 fully saturated rings. The molecule has 0 radical (unpaired) electrons. The van der Waals surface area contributed by atoms with E-state index in [-0.39, 0.29) is 30.5 Å². The van der Waals surface area contributed by atoms with Gasteiger partial charge in [0.15, 0.2) is 0 Å². The zero-order valence-electron chi connectivity index (χ0n) is 18.0. The summed E-state index contributed by atoms with van der Waals surface area (Å²) in [6.45, 7) is 0.880. The van der Waals surface area contributed by atoms with Crippen LogP contribution >= 0.6 is 0 Å². The van der Waals surface area contributed by atoms with E-state index in [4.69, 9.17) is 0 Å². The molecule has 5 heteroatoms. The molecule has 1 N–H and O–H groups in total. The fraction of sp³-hybridized carbons (Fsp3) is 0.462. The fourth-order valence-corrected chi connectivity index (χ4v) is 5.77. The maximum absolute atomic E-state index is 13.4. The second-order valence-electron chi connectivity index (χ2n) is 9.04. The summed E-state index contributed by atoms with van der Waals surface area (Å²) in [6, 6.07) is 10.2. The van der Waals surface area contributed by atoms with Gasteiger partial charge in [-0.15, -0.1) is 0 Å². The van der Waals surface area contributed by atoms with Crippen molar-refractivity contribution in [3.8, 4) is 11.8 Å². The van der Waals surface area contributed by atoms with E-state index in [2.05, 4.69) is 45.8 Å². The molecular formula is C26H29N3O2. The second kappa shape index (κ2) is 8.36. The number of anilines is 1. The minimum Gasteiger partial charge on any atom is -0.394 e. The summed E-state index contributed by atoms with van der Waals surface area (Å²) in [4.78, 5) is 21.8. The zero-order chi connectivity index (χ0) is 21.4. The summed E-state index contributed by atoms with van der Waals surface area (Å²) in [7, 11) is 2.05. The molecule has 1 aromatic carbocycles. The number of aromatic nitrogens is 1. The number of carbonyl (C=O) groups is 1. The molecule has 0 spiro atoms. The predicted octanol–water partition coefficient (Wildman–Crippen LogP) is 3.37. The highest BCUT2D eigenvalue weighted by atomic mass is 16.3. The highest BCUT2D eigenvalue weighted by Crippen LogP contribution is 2.49. The Hall–Kier alpha value is -2.84. The molecule has 1 saturated carbocycles. The third-order valence-corrected chi connectivity index (χ3v) is 7.35. The third-order valence-electron chi connectivity index (χ3n) is 7.35. The minimum atomic E-state index is 0.0246. The summed E-state index contributed by atoms with van der Waals surface area (Å²) >= 11 is 0. The van der Waals surface area contributed by atoms with Crippen molar-refractivity contribution < 1.29 is 9.90 Å². The number of nitrogens with zero attached hydrogens (tertiary/aromatic N) is 3. The monoisotopic (exact) mass is 415 g/mol. The zero-order valence-corrected chi connectivity index (χ0v) is 18.0. The Bertz CT molecular complexity index is 1020. The maximum atomic E-state index is 13.4. The van der Waals surface area contributed by atoms with Gasteiger partial charge in [0, 0.05) is 54.6 Å². The first-order valence-electron chi connectivity index (χ1n) is 11.4. The first kappa shape index (κ1) is 20.1. The van der Waals surface area contributed by atoms with Gasteiger partial charge in [-0.1, -0.05) is 24.7 Å². The summed E-state index contributed by atoms with van der Waals surface area (Å²) in [5, 5.41) is 10.2. The van der Waals surface area contributed by atoms with Gasteiger partial charge < -0.3 is 14.9 Å². The van der Waals surface area contributed by atoms with E-state index in [1.807, 2.05) is 18.2 Å². The van der Waals surface area contributed by atoms with E-state index in [0.717, 1.165) is 55.5 Å². The summed E-state index contributed by atoms with van der Waals surface area (Å²) in [6.07, 6.45) is 8.78. The number of hydrogen-bond acceptors (Lipinski definition) is 4. The van der Waals surface area contributed by atoms with E-state index in [9.17, 15) is 9.90 Å². The van der Waals surface area contributed by atoms with Crippen LogP contribution in [0.15, 0.2) is 42.7 Å². The van der Waals surface area contributed by atoms with Crippen LogP contribution in [0.3, 0.4) is 0 Å². The molecule has 0 unspecified atom stereocenters. The van der Waals surface area contributed by atoms with Gasteiger partial charge in [0.25, 0.3) is 0 Å². The molecule has 2 aliphatic heterocycles. The summed E-state index contributed by atoms with van der Waals surface area (Å²) in [5.41, 5.74) is 4.09. The Morgan fingerprint density at radius 1 is 1.16 bits per heavy atom. The second-order valence-corrected chi connectivity index (χ2v) is 9.04. The number of likely N-dealkylation sites (tertiary alicyclic amines) is 1. The summed E-state index contributed by atoms with van der Waals surface area (Å²) < 4.78 is 0. The molecule has 0 bridgehead atoms. The first-order valence-corrected chi connectivity index (χ1v) is 11.4. The highest BCUT2D eigenvalue weighted by molar-refractivity contribution is 5.81. The maximum Gasteiger partial charge on any atom is 0.226 e. The van der Waals surface area contributed by atoms with Crippen LogP contribution in [0.4, 0.5) is 5.69 Å². The number of aliphatic hydroxyl groups is 1. The molecule has 1 saturated heterocycles. The Balaban J connectivity index is 1.53. The number of carbonyl (C=O) groups excluding carboxylic acids is 1. The van der Waals surface area contributed by atoms with Gasteiger partial charge in [0.1, 0.15) is 0 Å². The van der Waals surface area contributed by atoms with E-state index in [1.165, 1.54) is 5.56 Å². The van der Waals surface area contributed by atoms with Gasteiger partial charge >= 0.3 is 0 Å². The lowest BCUT2D eigenvalue weighted by Crippen LogP contribution is -2.48. The molecule has 5 rings (SSSR count). The number of pyridine rings is 1. The number of fused-ring (bicyclic) bond motifs is 3. The molecule has 1 aromatic heterocycles. The molecule has 3 aliphatic rings. The topological polar surface area (TPSA) is 56.7 Å². The van der Waals surface area contributed by atoms with Crippen molar-refractivity contribution >= 4 is 11.6 Å². The molecule has 1 amide bonds. The minimum absolute atomic E-state index is 0.0246. The fourth-order valence-electron chi connectivity index (χ4n) is 5.77. The van der Waals surface area contributed by atoms with Crippen molar-refractivity contribution in [1.82, 2.24) is 9.88 Å². The lowest BCUT2D eigenvalue weighted by molar-refractivity contribution is -0.136. The summed E-state index contributed by atoms with van der Waals surface area (Å²) in [5.74, 6) is 7.18. The SMILES string of the molecule is CN1c2ccc(C#Cc3cccnc3)cc2[C@@H]2[C@@H](CCN2C(=O)C2CCCC2)[C@@H]1CO. The Morgan fingerprint density at radius 2 is 1.97 bits per heavy atom. The van der Waals surface area contributed by atoms with Crippen molar-refractivity contribution in [1.29, 1.82) is 0 Å². The van der Waals surface area contributed by atoms with Crippen molar-refractivity contribution in [2.75, 3.05) is 25.1 Å². The Kier molecular flexibility index (Phi) is 5.41. The molecule has 3 heterocycles. The van der Waals surface area contributed by atoms with Crippen LogP contribution in [0.25, 0.3) is 0 Å². The lowest BCUT2D eigenvalue weighted by Gasteiger charge is -2.44. The normalized spacial score (nSPS) is 25.0. The van der Waals surface area contributed by atoms with Gasteiger partial charge in [-0.05, 0) is 55.2 Å². The van der Waals surface area contributed by atoms with Gasteiger partial charge in [-0.2, -0.15) is 0 Å². The number of aliphatic hydroxyl groups excluding tert-OH is 1. The molecule has 3 atom stereocenters. The van der Waals surface area contributed by atoms with Crippen LogP contribution < -0.4 is 4.90 Å². The van der Waals surface area contributed by atoms with E-state index in [1.54, 1.807) is 12.4 Å². The molecule has 2 aromatic rings. The van der Waals surface area contributed by atoms with Gasteiger partial charge in [-0.25, -0.2) is 0 Å².